The van der Waals surface area contributed by atoms with E-state index in [1.165, 1.54) is 0 Å². The molecule has 0 aliphatic rings. The lowest BCUT2D eigenvalue weighted by atomic mass is 10.2. The molecule has 0 radical (unpaired) electrons. The summed E-state index contributed by atoms with van der Waals surface area (Å²) in [6.45, 7) is 1.85. The monoisotopic (exact) mass is 297 g/mol. The minimum Gasteiger partial charge on any atom is -0.258 e. The first-order valence-electron chi connectivity index (χ1n) is 3.12. The number of benzene rings is 1. The molecule has 1 rings (SSSR count). The van der Waals surface area contributed by atoms with Crippen LogP contribution in [-0.4, -0.2) is 4.92 Å². The SMILES string of the molecule is Cc1cc(Cl)c([N+](=O)[O-])c(I)c1. The van der Waals surface area contributed by atoms with Gasteiger partial charge in [-0.15, -0.1) is 0 Å². The topological polar surface area (TPSA) is 43.1 Å². The molecule has 0 N–H and O–H groups in total. The van der Waals surface area contributed by atoms with Gasteiger partial charge < -0.3 is 0 Å². The van der Waals surface area contributed by atoms with Crippen molar-refractivity contribution in [3.05, 3.63) is 36.4 Å². The molecule has 5 heteroatoms. The first kappa shape index (κ1) is 9.73. The summed E-state index contributed by atoms with van der Waals surface area (Å²) >= 11 is 7.58. The average molecular weight is 297 g/mol. The number of nitro benzene ring substituents is 1. The normalized spacial score (nSPS) is 9.92. The Hall–Kier alpha value is -0.360. The summed E-state index contributed by atoms with van der Waals surface area (Å²) < 4.78 is 0.572. The van der Waals surface area contributed by atoms with Crippen molar-refractivity contribution in [2.24, 2.45) is 0 Å². The highest BCUT2D eigenvalue weighted by Gasteiger charge is 2.16. The molecule has 1 aromatic carbocycles. The fourth-order valence-electron chi connectivity index (χ4n) is 0.867. The van der Waals surface area contributed by atoms with Crippen LogP contribution in [0.25, 0.3) is 0 Å². The Balaban J connectivity index is 3.38. The van der Waals surface area contributed by atoms with Crippen molar-refractivity contribution in [2.75, 3.05) is 0 Å². The molecule has 0 spiro atoms. The molecule has 0 aliphatic heterocycles. The van der Waals surface area contributed by atoms with E-state index in [2.05, 4.69) is 0 Å². The lowest BCUT2D eigenvalue weighted by Crippen LogP contribution is -1.93. The lowest BCUT2D eigenvalue weighted by Gasteiger charge is -1.99. The van der Waals surface area contributed by atoms with Crippen LogP contribution >= 0.6 is 34.2 Å². The van der Waals surface area contributed by atoms with Gasteiger partial charge >= 0.3 is 5.69 Å². The quantitative estimate of drug-likeness (QED) is 0.454. The Bertz CT molecular complexity index is 317. The highest BCUT2D eigenvalue weighted by Crippen LogP contribution is 2.30. The minimum atomic E-state index is -0.469. The molecule has 0 saturated carbocycles. The molecular weight excluding hydrogens is 292 g/mol. The van der Waals surface area contributed by atoms with Gasteiger partial charge in [0, 0.05) is 0 Å². The molecule has 64 valence electrons. The molecule has 12 heavy (non-hydrogen) atoms. The Morgan fingerprint density at radius 2 is 2.17 bits per heavy atom. The predicted octanol–water partition coefficient (Wildman–Crippen LogP) is 3.16. The van der Waals surface area contributed by atoms with Gasteiger partial charge in [-0.3, -0.25) is 10.1 Å². The Morgan fingerprint density at radius 3 is 2.58 bits per heavy atom. The van der Waals surface area contributed by atoms with E-state index in [4.69, 9.17) is 11.6 Å². The lowest BCUT2D eigenvalue weighted by molar-refractivity contribution is -0.385. The second-order valence-electron chi connectivity index (χ2n) is 2.33. The minimum absolute atomic E-state index is 0.0112. The maximum Gasteiger partial charge on any atom is 0.301 e. The highest BCUT2D eigenvalue weighted by molar-refractivity contribution is 14.1. The summed E-state index contributed by atoms with van der Waals surface area (Å²) in [5.74, 6) is 0. The summed E-state index contributed by atoms with van der Waals surface area (Å²) in [5, 5.41) is 10.7. The van der Waals surface area contributed by atoms with Crippen molar-refractivity contribution in [2.45, 2.75) is 6.92 Å². The third kappa shape index (κ3) is 1.87. The summed E-state index contributed by atoms with van der Waals surface area (Å²) in [7, 11) is 0. The number of nitrogens with zero attached hydrogens (tertiary/aromatic N) is 1. The highest BCUT2D eigenvalue weighted by atomic mass is 127. The Morgan fingerprint density at radius 1 is 1.58 bits per heavy atom. The molecule has 0 amide bonds. The third-order valence-electron chi connectivity index (χ3n) is 1.34. The van der Waals surface area contributed by atoms with Crippen LogP contribution in [0.4, 0.5) is 5.69 Å². The average Bonchev–Trinajstić information content (AvgIpc) is 1.82. The summed E-state index contributed by atoms with van der Waals surface area (Å²) in [5.41, 5.74) is 0.915. The van der Waals surface area contributed by atoms with E-state index in [0.717, 1.165) is 5.56 Å². The fraction of sp³-hybridized carbons (Fsp3) is 0.143. The molecule has 0 fully saturated rings. The van der Waals surface area contributed by atoms with Gasteiger partial charge in [-0.2, -0.15) is 0 Å². The summed E-state index contributed by atoms with van der Waals surface area (Å²) in [6, 6.07) is 3.31. The molecule has 0 aromatic heterocycles. The number of hydrogen-bond acceptors (Lipinski definition) is 2. The van der Waals surface area contributed by atoms with Gasteiger partial charge in [-0.1, -0.05) is 11.6 Å². The largest absolute Gasteiger partial charge is 0.301 e. The van der Waals surface area contributed by atoms with Crippen molar-refractivity contribution in [3.63, 3.8) is 0 Å². The number of halogens is 2. The van der Waals surface area contributed by atoms with Crippen LogP contribution in [0, 0.1) is 20.6 Å². The molecule has 0 saturated heterocycles. The zero-order valence-electron chi connectivity index (χ0n) is 6.17. The molecule has 0 unspecified atom stereocenters. The van der Waals surface area contributed by atoms with Crippen LogP contribution in [-0.2, 0) is 0 Å². The van der Waals surface area contributed by atoms with Crippen molar-refractivity contribution >= 4 is 39.9 Å². The van der Waals surface area contributed by atoms with Crippen LogP contribution in [0.5, 0.6) is 0 Å². The van der Waals surface area contributed by atoms with Crippen LogP contribution < -0.4 is 0 Å². The Labute approximate surface area is 88.0 Å². The van der Waals surface area contributed by atoms with Crippen molar-refractivity contribution < 1.29 is 4.92 Å². The number of aryl methyl sites for hydroxylation is 1. The summed E-state index contributed by atoms with van der Waals surface area (Å²) in [6.07, 6.45) is 0. The molecule has 0 bridgehead atoms. The van der Waals surface area contributed by atoms with Crippen LogP contribution in [0.15, 0.2) is 12.1 Å². The number of rotatable bonds is 1. The maximum atomic E-state index is 10.5. The predicted molar refractivity (Wildman–Crippen MR) is 55.6 cm³/mol. The van der Waals surface area contributed by atoms with E-state index in [-0.39, 0.29) is 10.7 Å². The van der Waals surface area contributed by atoms with Crippen molar-refractivity contribution in [3.8, 4) is 0 Å². The first-order chi connectivity index (χ1) is 5.52. The van der Waals surface area contributed by atoms with E-state index in [1.807, 2.05) is 29.5 Å². The van der Waals surface area contributed by atoms with Gasteiger partial charge in [-0.05, 0) is 47.2 Å². The molecular formula is C7H5ClINO2. The zero-order valence-corrected chi connectivity index (χ0v) is 9.09. The standard InChI is InChI=1S/C7H5ClINO2/c1-4-2-5(8)7(10(11)12)6(9)3-4/h2-3H,1H3. The van der Waals surface area contributed by atoms with Gasteiger partial charge in [0.25, 0.3) is 0 Å². The van der Waals surface area contributed by atoms with Crippen LogP contribution in [0.2, 0.25) is 5.02 Å². The summed E-state index contributed by atoms with van der Waals surface area (Å²) in [4.78, 5) is 10.0. The molecule has 1 aromatic rings. The van der Waals surface area contributed by atoms with Gasteiger partial charge in [0.2, 0.25) is 0 Å². The molecule has 0 aliphatic carbocycles. The number of nitro groups is 1. The Kier molecular flexibility index (Phi) is 2.89. The zero-order chi connectivity index (χ0) is 9.30. The van der Waals surface area contributed by atoms with E-state index in [1.54, 1.807) is 12.1 Å². The molecule has 0 heterocycles. The van der Waals surface area contributed by atoms with E-state index < -0.39 is 4.92 Å². The van der Waals surface area contributed by atoms with Crippen molar-refractivity contribution in [1.82, 2.24) is 0 Å². The van der Waals surface area contributed by atoms with E-state index in [0.29, 0.717) is 3.57 Å². The van der Waals surface area contributed by atoms with Crippen molar-refractivity contribution in [1.29, 1.82) is 0 Å². The van der Waals surface area contributed by atoms with Gasteiger partial charge in [0.15, 0.2) is 0 Å². The van der Waals surface area contributed by atoms with E-state index in [9.17, 15) is 10.1 Å². The second kappa shape index (κ2) is 3.57. The third-order valence-corrected chi connectivity index (χ3v) is 2.45. The number of hydrogen-bond donors (Lipinski definition) is 0. The first-order valence-corrected chi connectivity index (χ1v) is 4.58. The van der Waals surface area contributed by atoms with Gasteiger partial charge in [-0.25, -0.2) is 0 Å². The van der Waals surface area contributed by atoms with Crippen LogP contribution in [0.3, 0.4) is 0 Å². The molecule has 3 nitrogen and oxygen atoms in total. The molecule has 0 atom stereocenters. The smallest absolute Gasteiger partial charge is 0.258 e. The van der Waals surface area contributed by atoms with Crippen LogP contribution in [0.1, 0.15) is 5.56 Å². The van der Waals surface area contributed by atoms with Gasteiger partial charge in [0.05, 0.1) is 8.49 Å². The second-order valence-corrected chi connectivity index (χ2v) is 3.90. The fourth-order valence-corrected chi connectivity index (χ4v) is 2.35. The van der Waals surface area contributed by atoms with E-state index >= 15 is 0 Å². The van der Waals surface area contributed by atoms with Gasteiger partial charge in [0.1, 0.15) is 5.02 Å². The maximum absolute atomic E-state index is 10.5.